The zero-order chi connectivity index (χ0) is 11.8. The third kappa shape index (κ3) is 4.88. The Labute approximate surface area is 97.8 Å². The summed E-state index contributed by atoms with van der Waals surface area (Å²) in [5.74, 6) is -0.329. The Balaban J connectivity index is 2.09. The van der Waals surface area contributed by atoms with Gasteiger partial charge in [0.2, 0.25) is 5.91 Å². The molecule has 88 valence electrons. The fraction of sp³-hybridized carbons (Fsp3) is 0.500. The molecular formula is C10H14N2O3S. The van der Waals surface area contributed by atoms with E-state index in [0.29, 0.717) is 25.8 Å². The van der Waals surface area contributed by atoms with Gasteiger partial charge in [0.1, 0.15) is 0 Å². The summed E-state index contributed by atoms with van der Waals surface area (Å²) < 4.78 is 4.48. The molecule has 0 fully saturated rings. The molecule has 16 heavy (non-hydrogen) atoms. The van der Waals surface area contributed by atoms with E-state index >= 15 is 0 Å². The first-order chi connectivity index (χ1) is 7.72. The van der Waals surface area contributed by atoms with E-state index in [9.17, 15) is 9.59 Å². The van der Waals surface area contributed by atoms with Gasteiger partial charge < -0.3 is 10.1 Å². The number of hydrogen-bond donors (Lipinski definition) is 1. The van der Waals surface area contributed by atoms with Gasteiger partial charge in [0.25, 0.3) is 0 Å². The molecule has 5 nitrogen and oxygen atoms in total. The maximum atomic E-state index is 11.4. The SMILES string of the molecule is COC(=O)CCCNC(=O)Cc1cscn1. The van der Waals surface area contributed by atoms with Gasteiger partial charge in [-0.1, -0.05) is 0 Å². The highest BCUT2D eigenvalue weighted by Crippen LogP contribution is 2.01. The highest BCUT2D eigenvalue weighted by atomic mass is 32.1. The Morgan fingerprint density at radius 3 is 3.00 bits per heavy atom. The molecule has 0 unspecified atom stereocenters. The van der Waals surface area contributed by atoms with Crippen molar-refractivity contribution in [3.8, 4) is 0 Å². The second kappa shape index (κ2) is 6.95. The summed E-state index contributed by atoms with van der Waals surface area (Å²) in [6, 6.07) is 0. The number of nitrogens with one attached hydrogen (secondary N) is 1. The number of carbonyl (C=O) groups is 2. The lowest BCUT2D eigenvalue weighted by Gasteiger charge is -2.03. The zero-order valence-electron chi connectivity index (χ0n) is 9.06. The number of rotatable bonds is 6. The van der Waals surface area contributed by atoms with Crippen LogP contribution in [0.3, 0.4) is 0 Å². The molecule has 1 N–H and O–H groups in total. The van der Waals surface area contributed by atoms with Crippen molar-refractivity contribution in [1.82, 2.24) is 10.3 Å². The predicted molar refractivity (Wildman–Crippen MR) is 60.1 cm³/mol. The Morgan fingerprint density at radius 1 is 1.56 bits per heavy atom. The highest BCUT2D eigenvalue weighted by molar-refractivity contribution is 7.07. The molecular weight excluding hydrogens is 228 g/mol. The number of amides is 1. The minimum atomic E-state index is -0.256. The zero-order valence-corrected chi connectivity index (χ0v) is 9.88. The minimum Gasteiger partial charge on any atom is -0.469 e. The summed E-state index contributed by atoms with van der Waals surface area (Å²) in [5, 5.41) is 4.56. The standard InChI is InChI=1S/C10H14N2O3S/c1-15-10(14)3-2-4-11-9(13)5-8-6-16-7-12-8/h6-7H,2-5H2,1H3,(H,11,13). The van der Waals surface area contributed by atoms with Crippen molar-refractivity contribution in [2.75, 3.05) is 13.7 Å². The number of esters is 1. The predicted octanol–water partition coefficient (Wildman–Crippen LogP) is 0.755. The molecule has 1 rings (SSSR count). The second-order valence-electron chi connectivity index (χ2n) is 3.19. The molecule has 1 aromatic rings. The monoisotopic (exact) mass is 242 g/mol. The van der Waals surface area contributed by atoms with Gasteiger partial charge >= 0.3 is 5.97 Å². The number of thiazole rings is 1. The van der Waals surface area contributed by atoms with Crippen molar-refractivity contribution in [3.63, 3.8) is 0 Å². The molecule has 0 aliphatic rings. The van der Waals surface area contributed by atoms with Crippen molar-refractivity contribution in [2.24, 2.45) is 0 Å². The Bertz CT molecular complexity index is 338. The summed E-state index contributed by atoms with van der Waals surface area (Å²) >= 11 is 1.46. The second-order valence-corrected chi connectivity index (χ2v) is 3.90. The largest absolute Gasteiger partial charge is 0.469 e. The molecule has 0 aliphatic carbocycles. The van der Waals surface area contributed by atoms with Crippen LogP contribution < -0.4 is 5.32 Å². The first-order valence-corrected chi connectivity index (χ1v) is 5.87. The maximum absolute atomic E-state index is 11.4. The van der Waals surface area contributed by atoms with Gasteiger partial charge in [-0.05, 0) is 6.42 Å². The number of carbonyl (C=O) groups excluding carboxylic acids is 2. The summed E-state index contributed by atoms with van der Waals surface area (Å²) in [5.41, 5.74) is 2.47. The average Bonchev–Trinajstić information content (AvgIpc) is 2.76. The van der Waals surface area contributed by atoms with Crippen LogP contribution in [-0.4, -0.2) is 30.5 Å². The van der Waals surface area contributed by atoms with E-state index in [-0.39, 0.29) is 11.9 Å². The van der Waals surface area contributed by atoms with E-state index < -0.39 is 0 Å². The van der Waals surface area contributed by atoms with Gasteiger partial charge in [0.15, 0.2) is 0 Å². The molecule has 0 saturated heterocycles. The molecule has 1 heterocycles. The summed E-state index contributed by atoms with van der Waals surface area (Å²) in [4.78, 5) is 26.1. The number of aromatic nitrogens is 1. The lowest BCUT2D eigenvalue weighted by molar-refractivity contribution is -0.140. The van der Waals surface area contributed by atoms with E-state index in [2.05, 4.69) is 15.0 Å². The van der Waals surface area contributed by atoms with Gasteiger partial charge in [-0.15, -0.1) is 11.3 Å². The summed E-state index contributed by atoms with van der Waals surface area (Å²) in [7, 11) is 1.35. The first kappa shape index (κ1) is 12.6. The third-order valence-corrected chi connectivity index (χ3v) is 2.57. The lowest BCUT2D eigenvalue weighted by atomic mass is 10.3. The molecule has 0 atom stereocenters. The fourth-order valence-corrected chi connectivity index (χ4v) is 1.67. The third-order valence-electron chi connectivity index (χ3n) is 1.93. The highest BCUT2D eigenvalue weighted by Gasteiger charge is 2.05. The van der Waals surface area contributed by atoms with Crippen LogP contribution in [0.4, 0.5) is 0 Å². The van der Waals surface area contributed by atoms with Crippen LogP contribution in [0.1, 0.15) is 18.5 Å². The van der Waals surface area contributed by atoms with Crippen molar-refractivity contribution in [1.29, 1.82) is 0 Å². The van der Waals surface area contributed by atoms with Gasteiger partial charge in [-0.3, -0.25) is 9.59 Å². The molecule has 0 bridgehead atoms. The summed E-state index contributed by atoms with van der Waals surface area (Å²) in [6.45, 7) is 0.484. The maximum Gasteiger partial charge on any atom is 0.305 e. The van der Waals surface area contributed by atoms with Crippen LogP contribution in [0.25, 0.3) is 0 Å². The summed E-state index contributed by atoms with van der Waals surface area (Å²) in [6.07, 6.45) is 1.21. The van der Waals surface area contributed by atoms with Crippen molar-refractivity contribution in [2.45, 2.75) is 19.3 Å². The quantitative estimate of drug-likeness (QED) is 0.590. The first-order valence-electron chi connectivity index (χ1n) is 4.93. The Morgan fingerprint density at radius 2 is 2.38 bits per heavy atom. The molecule has 6 heteroatoms. The topological polar surface area (TPSA) is 68.3 Å². The van der Waals surface area contributed by atoms with E-state index in [0.717, 1.165) is 5.69 Å². The number of methoxy groups -OCH3 is 1. The van der Waals surface area contributed by atoms with E-state index in [1.165, 1.54) is 18.4 Å². The van der Waals surface area contributed by atoms with Crippen molar-refractivity contribution < 1.29 is 14.3 Å². The van der Waals surface area contributed by atoms with Crippen molar-refractivity contribution in [3.05, 3.63) is 16.6 Å². The van der Waals surface area contributed by atoms with Gasteiger partial charge in [-0.2, -0.15) is 0 Å². The molecule has 0 spiro atoms. The van der Waals surface area contributed by atoms with Crippen LogP contribution in [0.2, 0.25) is 0 Å². The number of nitrogens with zero attached hydrogens (tertiary/aromatic N) is 1. The van der Waals surface area contributed by atoms with Gasteiger partial charge in [0.05, 0.1) is 24.7 Å². The van der Waals surface area contributed by atoms with E-state index in [4.69, 9.17) is 0 Å². The molecule has 0 radical (unpaired) electrons. The van der Waals surface area contributed by atoms with Crippen LogP contribution in [0.5, 0.6) is 0 Å². The van der Waals surface area contributed by atoms with Crippen LogP contribution in [0.15, 0.2) is 10.9 Å². The average molecular weight is 242 g/mol. The molecule has 0 saturated carbocycles. The van der Waals surface area contributed by atoms with Gasteiger partial charge in [-0.25, -0.2) is 4.98 Å². The Hall–Kier alpha value is -1.43. The van der Waals surface area contributed by atoms with E-state index in [1.807, 2.05) is 5.38 Å². The fourth-order valence-electron chi connectivity index (χ4n) is 1.11. The molecule has 0 aromatic carbocycles. The van der Waals surface area contributed by atoms with Crippen molar-refractivity contribution >= 4 is 23.2 Å². The molecule has 1 amide bonds. The van der Waals surface area contributed by atoms with Crippen LogP contribution in [0, 0.1) is 0 Å². The van der Waals surface area contributed by atoms with Gasteiger partial charge in [0, 0.05) is 18.3 Å². The number of hydrogen-bond acceptors (Lipinski definition) is 5. The minimum absolute atomic E-state index is 0.0734. The van der Waals surface area contributed by atoms with Crippen LogP contribution >= 0.6 is 11.3 Å². The lowest BCUT2D eigenvalue weighted by Crippen LogP contribution is -2.26. The van der Waals surface area contributed by atoms with Crippen LogP contribution in [-0.2, 0) is 20.7 Å². The number of ether oxygens (including phenoxy) is 1. The Kier molecular flexibility index (Phi) is 5.49. The molecule has 0 aliphatic heterocycles. The smallest absolute Gasteiger partial charge is 0.305 e. The normalized spacial score (nSPS) is 9.81. The van der Waals surface area contributed by atoms with E-state index in [1.54, 1.807) is 5.51 Å². The molecule has 1 aromatic heterocycles.